The molecule has 0 radical (unpaired) electrons. The van der Waals surface area contributed by atoms with Crippen LogP contribution in [0.4, 0.5) is 0 Å². The van der Waals surface area contributed by atoms with Crippen molar-refractivity contribution in [2.45, 2.75) is 52.5 Å². The molecule has 1 atom stereocenters. The van der Waals surface area contributed by atoms with Gasteiger partial charge in [0.05, 0.1) is 6.04 Å². The van der Waals surface area contributed by atoms with Gasteiger partial charge in [0.15, 0.2) is 0 Å². The Balaban J connectivity index is 0.00000128. The first-order valence-corrected chi connectivity index (χ1v) is 7.00. The van der Waals surface area contributed by atoms with E-state index in [1.54, 1.807) is 0 Å². The Bertz CT molecular complexity index is 470. The number of hydrogen-bond donors (Lipinski definition) is 2. The van der Waals surface area contributed by atoms with Gasteiger partial charge in [0, 0.05) is 27.5 Å². The SMILES string of the molecule is CC.CC1=C(C(=O)NC2CCC(=O)NC2=O)[C-]=CCC1.[W]. The van der Waals surface area contributed by atoms with Crippen LogP contribution in [0.2, 0.25) is 0 Å². The first kappa shape index (κ1) is 19.8. The van der Waals surface area contributed by atoms with E-state index in [-0.39, 0.29) is 39.3 Å². The van der Waals surface area contributed by atoms with Crippen LogP contribution in [0.25, 0.3) is 0 Å². The van der Waals surface area contributed by atoms with Crippen LogP contribution in [0.1, 0.15) is 46.5 Å². The second kappa shape index (κ2) is 9.67. The van der Waals surface area contributed by atoms with E-state index in [4.69, 9.17) is 0 Å². The van der Waals surface area contributed by atoms with Crippen LogP contribution in [-0.2, 0) is 35.4 Å². The molecule has 1 fully saturated rings. The molecule has 0 aromatic heterocycles. The van der Waals surface area contributed by atoms with Gasteiger partial charge in [-0.15, -0.1) is 11.6 Å². The summed E-state index contributed by atoms with van der Waals surface area (Å²) in [5.41, 5.74) is 1.48. The molecule has 1 saturated heterocycles. The van der Waals surface area contributed by atoms with Crippen LogP contribution < -0.4 is 10.6 Å². The molecule has 0 spiro atoms. The van der Waals surface area contributed by atoms with E-state index in [0.717, 1.165) is 18.4 Å². The van der Waals surface area contributed by atoms with Gasteiger partial charge in [-0.05, 0) is 6.42 Å². The summed E-state index contributed by atoms with van der Waals surface area (Å²) < 4.78 is 0. The van der Waals surface area contributed by atoms with Gasteiger partial charge in [0.2, 0.25) is 11.8 Å². The molecule has 2 rings (SSSR count). The van der Waals surface area contributed by atoms with Crippen LogP contribution in [0.5, 0.6) is 0 Å². The second-order valence-corrected chi connectivity index (χ2v) is 4.52. The minimum absolute atomic E-state index is 0. The monoisotopic (exact) mass is 461 g/mol. The predicted molar refractivity (Wildman–Crippen MR) is 75.4 cm³/mol. The van der Waals surface area contributed by atoms with Crippen molar-refractivity contribution in [1.29, 1.82) is 0 Å². The fraction of sp³-hybridized carbons (Fsp3) is 0.533. The zero-order chi connectivity index (χ0) is 15.1. The third-order valence-corrected chi connectivity index (χ3v) is 3.11. The molecule has 116 valence electrons. The maximum absolute atomic E-state index is 12.0. The van der Waals surface area contributed by atoms with Crippen molar-refractivity contribution in [1.82, 2.24) is 10.6 Å². The number of piperidine rings is 1. The summed E-state index contributed by atoms with van der Waals surface area (Å²) in [4.78, 5) is 34.5. The summed E-state index contributed by atoms with van der Waals surface area (Å²) in [5, 5.41) is 4.86. The van der Waals surface area contributed by atoms with E-state index in [1.165, 1.54) is 0 Å². The zero-order valence-electron chi connectivity index (χ0n) is 12.6. The van der Waals surface area contributed by atoms with E-state index in [1.807, 2.05) is 26.8 Å². The Morgan fingerprint density at radius 2 is 2.00 bits per heavy atom. The standard InChI is InChI=1S/C13H15N2O3.C2H6.W/c1-8-4-2-3-5-9(8)12(17)14-10-6-7-11(16)15-13(10)18;1-2;/h3,10H,2,4,6-7H2,1H3,(H,14,17)(H,15,16,18);1-2H3;/q-1;;. The van der Waals surface area contributed by atoms with Crippen molar-refractivity contribution in [3.05, 3.63) is 23.3 Å². The number of amides is 3. The summed E-state index contributed by atoms with van der Waals surface area (Å²) >= 11 is 0. The Kier molecular flexibility index (Phi) is 9.10. The molecular weight excluding hydrogens is 440 g/mol. The van der Waals surface area contributed by atoms with Crippen molar-refractivity contribution in [2.24, 2.45) is 0 Å². The number of carbonyl (C=O) groups is 3. The van der Waals surface area contributed by atoms with Gasteiger partial charge in [-0.3, -0.25) is 14.9 Å². The first-order chi connectivity index (χ1) is 9.58. The van der Waals surface area contributed by atoms with Crippen molar-refractivity contribution < 1.29 is 35.4 Å². The topological polar surface area (TPSA) is 75.3 Å². The van der Waals surface area contributed by atoms with Crippen molar-refractivity contribution in [2.75, 3.05) is 0 Å². The fourth-order valence-corrected chi connectivity index (χ4v) is 2.03. The molecule has 0 bridgehead atoms. The van der Waals surface area contributed by atoms with Crippen LogP contribution in [0.15, 0.2) is 17.2 Å². The Hall–Kier alpha value is -1.22. The molecule has 21 heavy (non-hydrogen) atoms. The van der Waals surface area contributed by atoms with Crippen LogP contribution in [0.3, 0.4) is 0 Å². The predicted octanol–water partition coefficient (Wildman–Crippen LogP) is 1.40. The third-order valence-electron chi connectivity index (χ3n) is 3.11. The minimum atomic E-state index is -0.626. The number of hydrogen-bond acceptors (Lipinski definition) is 3. The van der Waals surface area contributed by atoms with Crippen LogP contribution >= 0.6 is 0 Å². The average Bonchev–Trinajstić information content (AvgIpc) is 2.44. The first-order valence-electron chi connectivity index (χ1n) is 7.00. The maximum atomic E-state index is 12.0. The van der Waals surface area contributed by atoms with Crippen molar-refractivity contribution in [3.63, 3.8) is 0 Å². The fourth-order valence-electron chi connectivity index (χ4n) is 2.03. The molecule has 0 aromatic carbocycles. The van der Waals surface area contributed by atoms with E-state index in [0.29, 0.717) is 12.0 Å². The van der Waals surface area contributed by atoms with E-state index in [9.17, 15) is 14.4 Å². The van der Waals surface area contributed by atoms with Gasteiger partial charge in [-0.2, -0.15) is 11.6 Å². The molecule has 0 saturated carbocycles. The molecule has 1 unspecified atom stereocenters. The van der Waals surface area contributed by atoms with Crippen molar-refractivity contribution in [3.8, 4) is 0 Å². The minimum Gasteiger partial charge on any atom is -0.394 e. The molecule has 0 aromatic rings. The van der Waals surface area contributed by atoms with Gasteiger partial charge in [-0.25, -0.2) is 0 Å². The summed E-state index contributed by atoms with van der Waals surface area (Å²) in [6.45, 7) is 5.89. The van der Waals surface area contributed by atoms with Crippen LogP contribution in [-0.4, -0.2) is 23.8 Å². The summed E-state index contributed by atoms with van der Waals surface area (Å²) in [6.07, 6.45) is 7.09. The Labute approximate surface area is 139 Å². The molecule has 3 amide bonds. The molecule has 1 aliphatic carbocycles. The van der Waals surface area contributed by atoms with E-state index >= 15 is 0 Å². The Morgan fingerprint density at radius 1 is 1.33 bits per heavy atom. The van der Waals surface area contributed by atoms with Gasteiger partial charge >= 0.3 is 0 Å². The molecule has 2 aliphatic rings. The number of nitrogens with one attached hydrogen (secondary N) is 2. The largest absolute Gasteiger partial charge is 0.394 e. The molecule has 1 heterocycles. The molecule has 5 nitrogen and oxygen atoms in total. The quantitative estimate of drug-likeness (QED) is 0.483. The summed E-state index contributed by atoms with van der Waals surface area (Å²) in [7, 11) is 0. The number of carbonyl (C=O) groups excluding carboxylic acids is 3. The smallest absolute Gasteiger partial charge is 0.248 e. The molecule has 2 N–H and O–H groups in total. The molecular formula is C15H21N2O3W-. The maximum Gasteiger partial charge on any atom is 0.248 e. The number of imide groups is 1. The van der Waals surface area contributed by atoms with E-state index < -0.39 is 11.9 Å². The average molecular weight is 461 g/mol. The summed E-state index contributed by atoms with van der Waals surface area (Å²) in [6, 6.07) is -0.626. The van der Waals surface area contributed by atoms with E-state index in [2.05, 4.69) is 16.7 Å². The normalized spacial score (nSPS) is 20.8. The number of rotatable bonds is 2. The van der Waals surface area contributed by atoms with Crippen molar-refractivity contribution >= 4 is 17.7 Å². The molecule has 6 heteroatoms. The summed E-state index contributed by atoms with van der Waals surface area (Å²) in [5.74, 6) is -1.01. The van der Waals surface area contributed by atoms with Crippen LogP contribution in [0, 0.1) is 6.08 Å². The van der Waals surface area contributed by atoms with Gasteiger partial charge < -0.3 is 10.1 Å². The number of allylic oxidation sites excluding steroid dienone is 2. The zero-order valence-corrected chi connectivity index (χ0v) is 15.5. The van der Waals surface area contributed by atoms with Gasteiger partial charge in [0.1, 0.15) is 5.91 Å². The third kappa shape index (κ3) is 5.58. The van der Waals surface area contributed by atoms with Gasteiger partial charge in [0.25, 0.3) is 0 Å². The Morgan fingerprint density at radius 3 is 2.57 bits per heavy atom. The molecule has 1 aliphatic heterocycles. The van der Waals surface area contributed by atoms with Gasteiger partial charge in [-0.1, -0.05) is 33.6 Å². The second-order valence-electron chi connectivity index (χ2n) is 4.52.